The molecule has 7 nitrogen and oxygen atoms in total. The van der Waals surface area contributed by atoms with E-state index in [4.69, 9.17) is 0 Å². The minimum Gasteiger partial charge on any atom is -0.382 e. The molecule has 0 saturated carbocycles. The molecular formula is C26H29BrF2N6O. The Morgan fingerprint density at radius 2 is 1.75 bits per heavy atom. The molecule has 5 rings (SSSR count). The van der Waals surface area contributed by atoms with Crippen LogP contribution in [0.15, 0.2) is 65.8 Å². The molecule has 4 aromatic rings. The summed E-state index contributed by atoms with van der Waals surface area (Å²) in [5.41, 5.74) is -0.270. The molecule has 0 aliphatic carbocycles. The van der Waals surface area contributed by atoms with Crippen molar-refractivity contribution in [1.82, 2.24) is 29.1 Å². The average molecular weight is 559 g/mol. The van der Waals surface area contributed by atoms with Crippen LogP contribution in [-0.4, -0.2) is 73.5 Å². The maximum absolute atomic E-state index is 14.7. The molecule has 190 valence electrons. The van der Waals surface area contributed by atoms with Crippen LogP contribution in [0.5, 0.6) is 0 Å². The van der Waals surface area contributed by atoms with Crippen LogP contribution in [0.3, 0.4) is 0 Å². The van der Waals surface area contributed by atoms with Gasteiger partial charge < -0.3 is 14.6 Å². The molecule has 1 fully saturated rings. The van der Waals surface area contributed by atoms with Crippen molar-refractivity contribution in [1.29, 1.82) is 0 Å². The van der Waals surface area contributed by atoms with E-state index in [0.29, 0.717) is 0 Å². The van der Waals surface area contributed by atoms with Gasteiger partial charge in [-0.3, -0.25) is 4.90 Å². The second-order valence-electron chi connectivity index (χ2n) is 9.43. The SMILES string of the molecule is OC(CN1CCN(CCCn2ccc3cc(Br)ccc32)CC1)(Cn1cncn1)c1ccc(F)cc1F. The van der Waals surface area contributed by atoms with Gasteiger partial charge in [0, 0.05) is 72.5 Å². The quantitative estimate of drug-likeness (QED) is 0.338. The largest absolute Gasteiger partial charge is 0.382 e. The number of aryl methyl sites for hydroxylation is 1. The van der Waals surface area contributed by atoms with Crippen LogP contribution in [0.25, 0.3) is 10.9 Å². The Balaban J connectivity index is 1.17. The van der Waals surface area contributed by atoms with E-state index >= 15 is 0 Å². The number of benzene rings is 2. The van der Waals surface area contributed by atoms with E-state index in [1.165, 1.54) is 40.4 Å². The summed E-state index contributed by atoms with van der Waals surface area (Å²) in [6, 6.07) is 11.8. The number of hydrogen-bond acceptors (Lipinski definition) is 5. The minimum atomic E-state index is -1.57. The zero-order valence-corrected chi connectivity index (χ0v) is 21.5. The highest BCUT2D eigenvalue weighted by Crippen LogP contribution is 2.28. The molecular weight excluding hydrogens is 530 g/mol. The van der Waals surface area contributed by atoms with Crippen molar-refractivity contribution in [3.63, 3.8) is 0 Å². The van der Waals surface area contributed by atoms with Gasteiger partial charge in [-0.1, -0.05) is 22.0 Å². The van der Waals surface area contributed by atoms with Crippen LogP contribution in [0.1, 0.15) is 12.0 Å². The summed E-state index contributed by atoms with van der Waals surface area (Å²) in [5, 5.41) is 16.9. The van der Waals surface area contributed by atoms with Crippen LogP contribution < -0.4 is 0 Å². The number of piperazine rings is 1. The number of hydrogen-bond donors (Lipinski definition) is 1. The summed E-state index contributed by atoms with van der Waals surface area (Å²) in [6.07, 6.45) is 6.03. The highest BCUT2D eigenvalue weighted by molar-refractivity contribution is 9.10. The lowest BCUT2D eigenvalue weighted by Gasteiger charge is -2.39. The van der Waals surface area contributed by atoms with Crippen molar-refractivity contribution < 1.29 is 13.9 Å². The summed E-state index contributed by atoms with van der Waals surface area (Å²) >= 11 is 3.53. The molecule has 1 atom stereocenters. The first-order valence-corrected chi connectivity index (χ1v) is 12.9. The highest BCUT2D eigenvalue weighted by Gasteiger charge is 2.36. The highest BCUT2D eigenvalue weighted by atomic mass is 79.9. The molecule has 1 saturated heterocycles. The number of aromatic nitrogens is 4. The van der Waals surface area contributed by atoms with E-state index in [1.807, 2.05) is 0 Å². The lowest BCUT2D eigenvalue weighted by atomic mass is 9.92. The summed E-state index contributed by atoms with van der Waals surface area (Å²) in [7, 11) is 0. The third-order valence-electron chi connectivity index (χ3n) is 6.88. The molecule has 0 bridgehead atoms. The molecule has 1 unspecified atom stereocenters. The van der Waals surface area contributed by atoms with Gasteiger partial charge in [0.05, 0.1) is 6.54 Å². The second-order valence-corrected chi connectivity index (χ2v) is 10.3. The van der Waals surface area contributed by atoms with Gasteiger partial charge in [-0.15, -0.1) is 0 Å². The van der Waals surface area contributed by atoms with Crippen molar-refractivity contribution in [2.75, 3.05) is 39.3 Å². The van der Waals surface area contributed by atoms with Gasteiger partial charge in [-0.25, -0.2) is 18.4 Å². The van der Waals surface area contributed by atoms with Gasteiger partial charge in [0.25, 0.3) is 0 Å². The van der Waals surface area contributed by atoms with E-state index in [1.54, 1.807) is 0 Å². The fourth-order valence-electron chi connectivity index (χ4n) is 5.04. The van der Waals surface area contributed by atoms with Crippen LogP contribution in [-0.2, 0) is 18.7 Å². The zero-order chi connectivity index (χ0) is 25.1. The molecule has 3 heterocycles. The summed E-state index contributed by atoms with van der Waals surface area (Å²) in [5.74, 6) is -1.44. The van der Waals surface area contributed by atoms with E-state index in [0.717, 1.165) is 56.2 Å². The first-order valence-electron chi connectivity index (χ1n) is 12.1. The number of aliphatic hydroxyl groups is 1. The number of halogens is 3. The van der Waals surface area contributed by atoms with Gasteiger partial charge in [0.15, 0.2) is 0 Å². The molecule has 0 amide bonds. The maximum atomic E-state index is 14.7. The Bertz CT molecular complexity index is 1310. The lowest BCUT2D eigenvalue weighted by Crippen LogP contribution is -2.52. The topological polar surface area (TPSA) is 62.4 Å². The fraction of sp³-hybridized carbons (Fsp3) is 0.385. The number of fused-ring (bicyclic) bond motifs is 1. The molecule has 1 aliphatic rings. The molecule has 1 aliphatic heterocycles. The van der Waals surface area contributed by atoms with Crippen molar-refractivity contribution in [2.45, 2.75) is 25.1 Å². The van der Waals surface area contributed by atoms with Crippen LogP contribution >= 0.6 is 15.9 Å². The van der Waals surface area contributed by atoms with Gasteiger partial charge in [-0.05, 0) is 43.3 Å². The zero-order valence-electron chi connectivity index (χ0n) is 19.9. The Kier molecular flexibility index (Phi) is 7.47. The third kappa shape index (κ3) is 5.67. The fourth-order valence-corrected chi connectivity index (χ4v) is 5.42. The molecule has 0 radical (unpaired) electrons. The molecule has 10 heteroatoms. The lowest BCUT2D eigenvalue weighted by molar-refractivity contribution is -0.0319. The second kappa shape index (κ2) is 10.8. The van der Waals surface area contributed by atoms with Crippen LogP contribution in [0, 0.1) is 11.6 Å². The number of rotatable bonds is 9. The number of nitrogens with zero attached hydrogens (tertiary/aromatic N) is 6. The predicted molar refractivity (Wildman–Crippen MR) is 137 cm³/mol. The smallest absolute Gasteiger partial charge is 0.137 e. The molecule has 1 N–H and O–H groups in total. The minimum absolute atomic E-state index is 0.0250. The molecule has 36 heavy (non-hydrogen) atoms. The normalized spacial score (nSPS) is 17.0. The van der Waals surface area contributed by atoms with Gasteiger partial charge in [0.1, 0.15) is 29.9 Å². The Hall–Kier alpha value is -2.66. The summed E-state index contributed by atoms with van der Waals surface area (Å²) in [4.78, 5) is 8.48. The van der Waals surface area contributed by atoms with Gasteiger partial charge >= 0.3 is 0 Å². The van der Waals surface area contributed by atoms with E-state index < -0.39 is 17.2 Å². The van der Waals surface area contributed by atoms with E-state index in [9.17, 15) is 13.9 Å². The first kappa shape index (κ1) is 25.0. The van der Waals surface area contributed by atoms with Crippen molar-refractivity contribution in [3.05, 3.63) is 83.0 Å². The molecule has 2 aromatic heterocycles. The summed E-state index contributed by atoms with van der Waals surface area (Å²) < 4.78 is 33.1. The van der Waals surface area contributed by atoms with Crippen LogP contribution in [0.4, 0.5) is 8.78 Å². The van der Waals surface area contributed by atoms with Crippen molar-refractivity contribution in [3.8, 4) is 0 Å². The van der Waals surface area contributed by atoms with Gasteiger partial charge in [0.2, 0.25) is 0 Å². The standard InChI is InChI=1S/C26H29BrF2N6O/c27-21-2-5-25-20(14-21)6-9-34(25)8-1-7-32-10-12-33(13-11-32)16-26(36,17-35-19-30-18-31-35)23-4-3-22(28)15-24(23)29/h2-6,9,14-15,18-19,36H,1,7-8,10-13,16-17H2. The molecule has 0 spiro atoms. The Morgan fingerprint density at radius 1 is 0.944 bits per heavy atom. The molecule has 2 aromatic carbocycles. The maximum Gasteiger partial charge on any atom is 0.137 e. The number of β-amino-alcohol motifs (C(OH)–C–C–N with tert-alkyl or cyclic N) is 1. The average Bonchev–Trinajstić information content (AvgIpc) is 3.49. The van der Waals surface area contributed by atoms with Crippen molar-refractivity contribution >= 4 is 26.8 Å². The van der Waals surface area contributed by atoms with E-state index in [-0.39, 0.29) is 18.7 Å². The van der Waals surface area contributed by atoms with Crippen molar-refractivity contribution in [2.24, 2.45) is 0 Å². The predicted octanol–water partition coefficient (Wildman–Crippen LogP) is 3.87. The summed E-state index contributed by atoms with van der Waals surface area (Å²) in [6.45, 7) is 5.42. The Morgan fingerprint density at radius 3 is 2.50 bits per heavy atom. The third-order valence-corrected chi connectivity index (χ3v) is 7.37. The van der Waals surface area contributed by atoms with E-state index in [2.05, 4.69) is 70.8 Å². The Labute approximate surface area is 217 Å². The van der Waals surface area contributed by atoms with Gasteiger partial charge in [-0.2, -0.15) is 5.10 Å². The van der Waals surface area contributed by atoms with Crippen LogP contribution in [0.2, 0.25) is 0 Å². The monoisotopic (exact) mass is 558 g/mol. The first-order chi connectivity index (χ1) is 17.4.